The maximum Gasteiger partial charge on any atom is 0.306 e. The topological polar surface area (TPSA) is 57.0 Å². The highest BCUT2D eigenvalue weighted by molar-refractivity contribution is 7.99. The van der Waals surface area contributed by atoms with E-state index in [-0.39, 0.29) is 11.2 Å². The van der Waals surface area contributed by atoms with E-state index in [1.165, 1.54) is 18.9 Å². The maximum absolute atomic E-state index is 11.0. The number of hydrogen-bond donors (Lipinski definition) is 0. The zero-order chi connectivity index (χ0) is 11.4. The van der Waals surface area contributed by atoms with Crippen LogP contribution < -0.4 is 0 Å². The van der Waals surface area contributed by atoms with Crippen LogP contribution in [0.3, 0.4) is 0 Å². The molecule has 0 radical (unpaired) electrons. The third kappa shape index (κ3) is 3.23. The molecule has 0 aliphatic rings. The molecule has 0 aromatic carbocycles. The summed E-state index contributed by atoms with van der Waals surface area (Å²) >= 11 is 1.52. The normalized spacial score (nSPS) is 12.5. The quantitative estimate of drug-likeness (QED) is 0.573. The number of methoxy groups -OCH3 is 1. The molecule has 0 saturated heterocycles. The lowest BCUT2D eigenvalue weighted by molar-refractivity contribution is -0.140. The van der Waals surface area contributed by atoms with Crippen molar-refractivity contribution >= 4 is 17.7 Å². The molecule has 15 heavy (non-hydrogen) atoms. The van der Waals surface area contributed by atoms with Gasteiger partial charge in [0.25, 0.3) is 0 Å². The van der Waals surface area contributed by atoms with Crippen LogP contribution in [0.2, 0.25) is 0 Å². The van der Waals surface area contributed by atoms with E-state index in [2.05, 4.69) is 14.9 Å². The van der Waals surface area contributed by atoms with E-state index in [1.807, 2.05) is 25.5 Å². The number of aryl methyl sites for hydroxylation is 1. The standard InChI is InChI=1S/C9H15N3O2S/c1-6(5-8(13)14-4)15-9-11-10-7(2)12(9)3/h6H,5H2,1-4H3. The maximum atomic E-state index is 11.0. The Labute approximate surface area is 93.2 Å². The number of carbonyl (C=O) groups excluding carboxylic acids is 1. The lowest BCUT2D eigenvalue weighted by atomic mass is 10.3. The number of aromatic nitrogens is 3. The fraction of sp³-hybridized carbons (Fsp3) is 0.667. The minimum Gasteiger partial charge on any atom is -0.469 e. The highest BCUT2D eigenvalue weighted by atomic mass is 32.2. The van der Waals surface area contributed by atoms with Crippen molar-refractivity contribution in [2.75, 3.05) is 7.11 Å². The van der Waals surface area contributed by atoms with Crippen LogP contribution in [-0.2, 0) is 16.6 Å². The predicted molar refractivity (Wildman–Crippen MR) is 57.7 cm³/mol. The van der Waals surface area contributed by atoms with Crippen molar-refractivity contribution in [1.82, 2.24) is 14.8 Å². The summed E-state index contributed by atoms with van der Waals surface area (Å²) in [4.78, 5) is 11.0. The first-order chi connectivity index (χ1) is 7.04. The molecule has 0 fully saturated rings. The number of carbonyl (C=O) groups is 1. The highest BCUT2D eigenvalue weighted by Gasteiger charge is 2.14. The molecule has 5 nitrogen and oxygen atoms in total. The molecule has 1 unspecified atom stereocenters. The first-order valence-electron chi connectivity index (χ1n) is 4.64. The van der Waals surface area contributed by atoms with Crippen molar-refractivity contribution in [1.29, 1.82) is 0 Å². The van der Waals surface area contributed by atoms with Gasteiger partial charge in [-0.25, -0.2) is 0 Å². The minimum absolute atomic E-state index is 0.139. The Hall–Kier alpha value is -1.04. The van der Waals surface area contributed by atoms with Gasteiger partial charge in [0.05, 0.1) is 13.5 Å². The van der Waals surface area contributed by atoms with E-state index in [4.69, 9.17) is 0 Å². The van der Waals surface area contributed by atoms with Gasteiger partial charge in [-0.2, -0.15) is 0 Å². The Morgan fingerprint density at radius 1 is 1.60 bits per heavy atom. The molecule has 1 aromatic heterocycles. The Morgan fingerprint density at radius 2 is 2.27 bits per heavy atom. The van der Waals surface area contributed by atoms with Crippen molar-refractivity contribution in [3.63, 3.8) is 0 Å². The molecule has 0 spiro atoms. The summed E-state index contributed by atoms with van der Waals surface area (Å²) in [7, 11) is 3.30. The van der Waals surface area contributed by atoms with Gasteiger partial charge in [0.15, 0.2) is 5.16 Å². The van der Waals surface area contributed by atoms with Crippen LogP contribution in [0.1, 0.15) is 19.2 Å². The molecule has 1 heterocycles. The summed E-state index contributed by atoms with van der Waals surface area (Å²) in [5.74, 6) is 0.664. The highest BCUT2D eigenvalue weighted by Crippen LogP contribution is 2.23. The fourth-order valence-electron chi connectivity index (χ4n) is 1.03. The Bertz CT molecular complexity index is 351. The zero-order valence-electron chi connectivity index (χ0n) is 9.35. The molecule has 84 valence electrons. The van der Waals surface area contributed by atoms with Gasteiger partial charge >= 0.3 is 5.97 Å². The van der Waals surface area contributed by atoms with Gasteiger partial charge in [0.2, 0.25) is 0 Å². The van der Waals surface area contributed by atoms with E-state index in [9.17, 15) is 4.79 Å². The van der Waals surface area contributed by atoms with Gasteiger partial charge in [-0.3, -0.25) is 4.79 Å². The number of esters is 1. The van der Waals surface area contributed by atoms with Crippen LogP contribution >= 0.6 is 11.8 Å². The molecule has 6 heteroatoms. The molecular formula is C9H15N3O2S. The molecule has 0 bridgehead atoms. The average molecular weight is 229 g/mol. The SMILES string of the molecule is COC(=O)CC(C)Sc1nnc(C)n1C. The van der Waals surface area contributed by atoms with Crippen LogP contribution in [0.5, 0.6) is 0 Å². The van der Waals surface area contributed by atoms with E-state index >= 15 is 0 Å². The van der Waals surface area contributed by atoms with Crippen LogP contribution in [-0.4, -0.2) is 33.1 Å². The second-order valence-corrected chi connectivity index (χ2v) is 4.70. The zero-order valence-corrected chi connectivity index (χ0v) is 10.2. The van der Waals surface area contributed by atoms with Gasteiger partial charge < -0.3 is 9.30 Å². The molecule has 0 saturated carbocycles. The number of hydrogen-bond acceptors (Lipinski definition) is 5. The Kier molecular flexibility index (Phi) is 4.14. The monoisotopic (exact) mass is 229 g/mol. The summed E-state index contributed by atoms with van der Waals surface area (Å²) in [6, 6.07) is 0. The van der Waals surface area contributed by atoms with Crippen LogP contribution in [0, 0.1) is 6.92 Å². The van der Waals surface area contributed by atoms with Gasteiger partial charge in [-0.05, 0) is 6.92 Å². The average Bonchev–Trinajstić information content (AvgIpc) is 2.49. The van der Waals surface area contributed by atoms with Gasteiger partial charge in [-0.15, -0.1) is 10.2 Å². The summed E-state index contributed by atoms with van der Waals surface area (Å²) in [5.41, 5.74) is 0. The Balaban J connectivity index is 2.55. The van der Waals surface area contributed by atoms with Crippen LogP contribution in [0.4, 0.5) is 0 Å². The summed E-state index contributed by atoms with van der Waals surface area (Å²) in [5, 5.41) is 8.92. The molecule has 1 rings (SSSR count). The van der Waals surface area contributed by atoms with Crippen molar-refractivity contribution in [2.24, 2.45) is 7.05 Å². The van der Waals surface area contributed by atoms with Crippen molar-refractivity contribution in [3.05, 3.63) is 5.82 Å². The predicted octanol–water partition coefficient (Wildman–Crippen LogP) is 1.17. The number of nitrogens with zero attached hydrogens (tertiary/aromatic N) is 3. The van der Waals surface area contributed by atoms with Gasteiger partial charge in [-0.1, -0.05) is 18.7 Å². The number of ether oxygens (including phenoxy) is 1. The van der Waals surface area contributed by atoms with Gasteiger partial charge in [0, 0.05) is 12.3 Å². The first-order valence-corrected chi connectivity index (χ1v) is 5.52. The van der Waals surface area contributed by atoms with Crippen LogP contribution in [0.15, 0.2) is 5.16 Å². The summed E-state index contributed by atoms with van der Waals surface area (Å²) in [6.45, 7) is 3.85. The molecule has 1 aromatic rings. The molecule has 0 amide bonds. The molecular weight excluding hydrogens is 214 g/mol. The lowest BCUT2D eigenvalue weighted by Gasteiger charge is -2.08. The third-order valence-electron chi connectivity index (χ3n) is 2.04. The van der Waals surface area contributed by atoms with E-state index in [0.29, 0.717) is 6.42 Å². The summed E-state index contributed by atoms with van der Waals surface area (Å²) in [6.07, 6.45) is 0.382. The first kappa shape index (κ1) is 12.0. The smallest absolute Gasteiger partial charge is 0.306 e. The number of thioether (sulfide) groups is 1. The second-order valence-electron chi connectivity index (χ2n) is 3.30. The van der Waals surface area contributed by atoms with Crippen LogP contribution in [0.25, 0.3) is 0 Å². The van der Waals surface area contributed by atoms with Gasteiger partial charge in [0.1, 0.15) is 5.82 Å². The van der Waals surface area contributed by atoms with E-state index in [0.717, 1.165) is 11.0 Å². The summed E-state index contributed by atoms with van der Waals surface area (Å²) < 4.78 is 6.50. The molecule has 0 aliphatic carbocycles. The van der Waals surface area contributed by atoms with Crippen molar-refractivity contribution < 1.29 is 9.53 Å². The second kappa shape index (κ2) is 5.16. The third-order valence-corrected chi connectivity index (χ3v) is 3.18. The van der Waals surface area contributed by atoms with Crippen molar-refractivity contribution in [2.45, 2.75) is 30.7 Å². The molecule has 1 atom stereocenters. The Morgan fingerprint density at radius 3 is 2.73 bits per heavy atom. The molecule has 0 aliphatic heterocycles. The van der Waals surface area contributed by atoms with Crippen molar-refractivity contribution in [3.8, 4) is 0 Å². The fourth-order valence-corrected chi connectivity index (χ4v) is 1.99. The lowest BCUT2D eigenvalue weighted by Crippen LogP contribution is -2.09. The van der Waals surface area contributed by atoms with E-state index < -0.39 is 0 Å². The molecule has 0 N–H and O–H groups in total. The largest absolute Gasteiger partial charge is 0.469 e. The minimum atomic E-state index is -0.200. The van der Waals surface area contributed by atoms with E-state index in [1.54, 1.807) is 0 Å². The number of rotatable bonds is 4.